The molecule has 1 saturated heterocycles. The Morgan fingerprint density at radius 1 is 1.60 bits per heavy atom. The molecule has 0 aromatic carbocycles. The van der Waals surface area contributed by atoms with Crippen molar-refractivity contribution in [3.05, 3.63) is 18.0 Å². The molecule has 1 aromatic rings. The van der Waals surface area contributed by atoms with Crippen molar-refractivity contribution in [3.8, 4) is 0 Å². The molecular weight excluding hydrogens is 252 g/mol. The summed E-state index contributed by atoms with van der Waals surface area (Å²) in [6.45, 7) is 9.49. The van der Waals surface area contributed by atoms with Crippen LogP contribution in [0.25, 0.3) is 0 Å². The minimum absolute atomic E-state index is 0.148. The first-order valence-corrected chi connectivity index (χ1v) is 7.48. The molecule has 0 saturated carbocycles. The third kappa shape index (κ3) is 3.60. The Morgan fingerprint density at radius 3 is 3.00 bits per heavy atom. The smallest absolute Gasteiger partial charge is 0.226 e. The van der Waals surface area contributed by atoms with Crippen molar-refractivity contribution < 1.29 is 4.79 Å². The van der Waals surface area contributed by atoms with Gasteiger partial charge in [-0.1, -0.05) is 13.8 Å². The Morgan fingerprint density at radius 2 is 2.40 bits per heavy atom. The number of rotatable bonds is 5. The minimum atomic E-state index is -0.312. The summed E-state index contributed by atoms with van der Waals surface area (Å²) < 4.78 is 1.87. The van der Waals surface area contributed by atoms with Crippen LogP contribution in [-0.4, -0.2) is 35.3 Å². The highest BCUT2D eigenvalue weighted by atomic mass is 16.2. The van der Waals surface area contributed by atoms with E-state index in [2.05, 4.69) is 29.6 Å². The number of carbonyl (C=O) groups is 1. The second kappa shape index (κ2) is 6.39. The number of nitrogens with zero attached hydrogens (tertiary/aromatic N) is 2. The van der Waals surface area contributed by atoms with E-state index >= 15 is 0 Å². The number of hydrogen-bond donors (Lipinski definition) is 2. The molecule has 1 aliphatic rings. The van der Waals surface area contributed by atoms with E-state index in [0.29, 0.717) is 12.5 Å². The maximum atomic E-state index is 12.4. The number of carbonyl (C=O) groups excluding carboxylic acids is 1. The zero-order valence-corrected chi connectivity index (χ0v) is 12.8. The van der Waals surface area contributed by atoms with Crippen LogP contribution in [-0.2, 0) is 11.3 Å². The fourth-order valence-electron chi connectivity index (χ4n) is 2.75. The highest BCUT2D eigenvalue weighted by Gasteiger charge is 2.36. The minimum Gasteiger partial charge on any atom is -0.354 e. The van der Waals surface area contributed by atoms with Crippen LogP contribution in [0.2, 0.25) is 0 Å². The first-order chi connectivity index (χ1) is 9.50. The van der Waals surface area contributed by atoms with Crippen molar-refractivity contribution in [3.63, 3.8) is 0 Å². The maximum absolute atomic E-state index is 12.4. The van der Waals surface area contributed by atoms with E-state index in [1.54, 1.807) is 0 Å². The molecule has 2 rings (SSSR count). The fourth-order valence-corrected chi connectivity index (χ4v) is 2.75. The van der Waals surface area contributed by atoms with Gasteiger partial charge in [0.25, 0.3) is 0 Å². The summed E-state index contributed by atoms with van der Waals surface area (Å²) >= 11 is 0. The van der Waals surface area contributed by atoms with Crippen molar-refractivity contribution in [2.75, 3.05) is 19.6 Å². The Labute approximate surface area is 121 Å². The quantitative estimate of drug-likeness (QED) is 0.854. The van der Waals surface area contributed by atoms with Gasteiger partial charge < -0.3 is 10.6 Å². The van der Waals surface area contributed by atoms with E-state index in [-0.39, 0.29) is 11.3 Å². The van der Waals surface area contributed by atoms with E-state index in [0.717, 1.165) is 38.0 Å². The summed E-state index contributed by atoms with van der Waals surface area (Å²) in [6, 6.07) is 0. The Kier molecular flexibility index (Phi) is 4.81. The highest BCUT2D eigenvalue weighted by molar-refractivity contribution is 5.82. The van der Waals surface area contributed by atoms with Gasteiger partial charge in [0.1, 0.15) is 0 Å². The van der Waals surface area contributed by atoms with Crippen LogP contribution < -0.4 is 10.6 Å². The molecule has 5 nitrogen and oxygen atoms in total. The Balaban J connectivity index is 1.80. The van der Waals surface area contributed by atoms with Gasteiger partial charge in [0.15, 0.2) is 0 Å². The molecule has 0 aliphatic carbocycles. The average Bonchev–Trinajstić information content (AvgIpc) is 2.85. The third-order valence-electron chi connectivity index (χ3n) is 4.29. The number of nitrogens with one attached hydrogen (secondary N) is 2. The van der Waals surface area contributed by atoms with Crippen molar-refractivity contribution in [2.45, 2.75) is 40.2 Å². The van der Waals surface area contributed by atoms with Crippen LogP contribution in [0, 0.1) is 18.3 Å². The third-order valence-corrected chi connectivity index (χ3v) is 4.29. The summed E-state index contributed by atoms with van der Waals surface area (Å²) in [5.41, 5.74) is 0.831. The van der Waals surface area contributed by atoms with Gasteiger partial charge in [-0.3, -0.25) is 9.48 Å². The van der Waals surface area contributed by atoms with Crippen LogP contribution in [0.5, 0.6) is 0 Å². The monoisotopic (exact) mass is 278 g/mol. The van der Waals surface area contributed by atoms with E-state index < -0.39 is 0 Å². The van der Waals surface area contributed by atoms with E-state index in [4.69, 9.17) is 0 Å². The van der Waals surface area contributed by atoms with Crippen molar-refractivity contribution in [2.24, 2.45) is 11.3 Å². The molecule has 112 valence electrons. The molecule has 1 unspecified atom stereocenters. The normalized spacial score (nSPS) is 19.9. The Bertz CT molecular complexity index is 446. The topological polar surface area (TPSA) is 59.0 Å². The van der Waals surface area contributed by atoms with E-state index in [9.17, 15) is 4.79 Å². The van der Waals surface area contributed by atoms with Crippen molar-refractivity contribution >= 4 is 5.91 Å². The van der Waals surface area contributed by atoms with Gasteiger partial charge in [-0.05, 0) is 44.3 Å². The zero-order valence-electron chi connectivity index (χ0n) is 12.8. The number of hydrogen-bond acceptors (Lipinski definition) is 3. The summed E-state index contributed by atoms with van der Waals surface area (Å²) in [6.07, 6.45) is 6.11. The molecule has 1 aliphatic heterocycles. The molecule has 1 amide bonds. The van der Waals surface area contributed by atoms with Crippen LogP contribution in [0.1, 0.15) is 32.3 Å². The summed E-state index contributed by atoms with van der Waals surface area (Å²) in [5, 5.41) is 10.7. The lowest BCUT2D eigenvalue weighted by Gasteiger charge is -2.36. The van der Waals surface area contributed by atoms with E-state index in [1.807, 2.05) is 24.0 Å². The second-order valence-electron chi connectivity index (χ2n) is 6.30. The predicted molar refractivity (Wildman–Crippen MR) is 79.3 cm³/mol. The van der Waals surface area contributed by atoms with Gasteiger partial charge >= 0.3 is 0 Å². The summed E-state index contributed by atoms with van der Waals surface area (Å²) in [5.74, 6) is 0.568. The van der Waals surface area contributed by atoms with Crippen LogP contribution in [0.4, 0.5) is 0 Å². The van der Waals surface area contributed by atoms with Crippen molar-refractivity contribution in [1.29, 1.82) is 0 Å². The van der Waals surface area contributed by atoms with Gasteiger partial charge in [-0.2, -0.15) is 5.10 Å². The number of amides is 1. The number of piperidine rings is 1. The molecule has 0 bridgehead atoms. The van der Waals surface area contributed by atoms with E-state index in [1.165, 1.54) is 0 Å². The Hall–Kier alpha value is -1.36. The first kappa shape index (κ1) is 15.0. The molecular formula is C15H26N4O. The lowest BCUT2D eigenvalue weighted by Crippen LogP contribution is -2.47. The van der Waals surface area contributed by atoms with Gasteiger partial charge in [0.05, 0.1) is 12.7 Å². The first-order valence-electron chi connectivity index (χ1n) is 7.48. The predicted octanol–water partition coefficient (Wildman–Crippen LogP) is 1.33. The van der Waals surface area contributed by atoms with Crippen LogP contribution in [0.3, 0.4) is 0 Å². The molecule has 20 heavy (non-hydrogen) atoms. The molecule has 1 atom stereocenters. The fraction of sp³-hybridized carbons (Fsp3) is 0.733. The highest BCUT2D eigenvalue weighted by Crippen LogP contribution is 2.31. The molecule has 1 aromatic heterocycles. The summed E-state index contributed by atoms with van der Waals surface area (Å²) in [7, 11) is 0. The zero-order chi connectivity index (χ0) is 14.6. The largest absolute Gasteiger partial charge is 0.354 e. The summed E-state index contributed by atoms with van der Waals surface area (Å²) in [4.78, 5) is 12.4. The van der Waals surface area contributed by atoms with Crippen LogP contribution in [0.15, 0.2) is 12.4 Å². The molecule has 0 radical (unpaired) electrons. The second-order valence-corrected chi connectivity index (χ2v) is 6.30. The molecule has 1 fully saturated rings. The van der Waals surface area contributed by atoms with Gasteiger partial charge in [-0.15, -0.1) is 0 Å². The maximum Gasteiger partial charge on any atom is 0.226 e. The standard InChI is InChI=1S/C15H26N4O/c1-12-9-18-19(11-12)8-7-17-14(20)15(2,3)13-5-4-6-16-10-13/h9,11,13,16H,4-8,10H2,1-3H3,(H,17,20). The molecule has 2 heterocycles. The lowest BCUT2D eigenvalue weighted by atomic mass is 9.74. The lowest BCUT2D eigenvalue weighted by molar-refractivity contribution is -0.132. The number of aryl methyl sites for hydroxylation is 1. The molecule has 0 spiro atoms. The molecule has 2 N–H and O–H groups in total. The van der Waals surface area contributed by atoms with Gasteiger partial charge in [-0.25, -0.2) is 0 Å². The van der Waals surface area contributed by atoms with Crippen molar-refractivity contribution in [1.82, 2.24) is 20.4 Å². The van der Waals surface area contributed by atoms with Gasteiger partial charge in [0.2, 0.25) is 5.91 Å². The molecule has 5 heteroatoms. The SMILES string of the molecule is Cc1cnn(CCNC(=O)C(C)(C)C2CCCNC2)c1. The average molecular weight is 278 g/mol. The number of aromatic nitrogens is 2. The van der Waals surface area contributed by atoms with Gasteiger partial charge in [0, 0.05) is 18.2 Å². The van der Waals surface area contributed by atoms with Crippen LogP contribution >= 0.6 is 0 Å².